The lowest BCUT2D eigenvalue weighted by atomic mass is 10.2. The van der Waals surface area contributed by atoms with E-state index in [0.717, 1.165) is 31.5 Å². The Balaban J connectivity index is 1.51. The van der Waals surface area contributed by atoms with Crippen molar-refractivity contribution in [1.29, 1.82) is 0 Å². The summed E-state index contributed by atoms with van der Waals surface area (Å²) in [5, 5.41) is 9.03. The van der Waals surface area contributed by atoms with E-state index < -0.39 is 0 Å². The quantitative estimate of drug-likeness (QED) is 0.491. The number of carbonyl (C=O) groups excluding carboxylic acids is 2. The second-order valence-corrected chi connectivity index (χ2v) is 6.76. The van der Waals surface area contributed by atoms with Crippen molar-refractivity contribution in [2.75, 3.05) is 31.5 Å². The number of amides is 2. The summed E-state index contributed by atoms with van der Waals surface area (Å²) in [6, 6.07) is 10.7. The molecular formula is C21H27N5O3. The number of aliphatic imine (C=N–C) groups is 1. The number of likely N-dealkylation sites (tertiary alicyclic amines) is 1. The lowest BCUT2D eigenvalue weighted by Crippen LogP contribution is -2.44. The fraction of sp³-hybridized carbons (Fsp3) is 0.381. The van der Waals surface area contributed by atoms with E-state index in [4.69, 9.17) is 4.42 Å². The molecule has 0 bridgehead atoms. The van der Waals surface area contributed by atoms with E-state index in [1.165, 1.54) is 6.26 Å². The summed E-state index contributed by atoms with van der Waals surface area (Å²) in [5.74, 6) is 0.686. The minimum atomic E-state index is -0.290. The minimum absolute atomic E-state index is 0.102. The zero-order valence-corrected chi connectivity index (χ0v) is 16.6. The molecule has 0 saturated carbocycles. The van der Waals surface area contributed by atoms with Crippen LogP contribution in [0.15, 0.2) is 52.1 Å². The number of nitrogens with zero attached hydrogens (tertiary/aromatic N) is 2. The van der Waals surface area contributed by atoms with Gasteiger partial charge < -0.3 is 25.3 Å². The van der Waals surface area contributed by atoms with Gasteiger partial charge in [-0.2, -0.15) is 0 Å². The fourth-order valence-electron chi connectivity index (χ4n) is 3.04. The van der Waals surface area contributed by atoms with Crippen LogP contribution in [0.3, 0.4) is 0 Å². The highest BCUT2D eigenvalue weighted by Crippen LogP contribution is 2.12. The second kappa shape index (κ2) is 10.3. The second-order valence-electron chi connectivity index (χ2n) is 6.76. The van der Waals surface area contributed by atoms with Crippen LogP contribution in [0.1, 0.15) is 35.9 Å². The topological polar surface area (TPSA) is 99.0 Å². The van der Waals surface area contributed by atoms with Gasteiger partial charge >= 0.3 is 0 Å². The molecule has 1 fully saturated rings. The number of nitrogens with one attached hydrogen (secondary N) is 3. The SMILES string of the molecule is CCNC(=NCc1ccc(NC(=O)c2ccco2)cc1)NCC(=O)N1CCCC1. The van der Waals surface area contributed by atoms with E-state index in [-0.39, 0.29) is 24.1 Å². The van der Waals surface area contributed by atoms with E-state index in [1.807, 2.05) is 36.1 Å². The Morgan fingerprint density at radius 1 is 1.10 bits per heavy atom. The summed E-state index contributed by atoms with van der Waals surface area (Å²) in [6.45, 7) is 5.08. The summed E-state index contributed by atoms with van der Waals surface area (Å²) < 4.78 is 5.08. The molecule has 0 unspecified atom stereocenters. The Labute approximate surface area is 170 Å². The Morgan fingerprint density at radius 3 is 2.52 bits per heavy atom. The van der Waals surface area contributed by atoms with Crippen molar-refractivity contribution >= 4 is 23.5 Å². The van der Waals surface area contributed by atoms with Crippen LogP contribution < -0.4 is 16.0 Å². The highest BCUT2D eigenvalue weighted by Gasteiger charge is 2.17. The molecule has 0 spiro atoms. The summed E-state index contributed by atoms with van der Waals surface area (Å²) >= 11 is 0. The van der Waals surface area contributed by atoms with E-state index in [0.29, 0.717) is 24.7 Å². The summed E-state index contributed by atoms with van der Waals surface area (Å²) in [4.78, 5) is 30.6. The lowest BCUT2D eigenvalue weighted by Gasteiger charge is -2.17. The van der Waals surface area contributed by atoms with Crippen LogP contribution in [0.5, 0.6) is 0 Å². The van der Waals surface area contributed by atoms with Gasteiger partial charge in [0.2, 0.25) is 5.91 Å². The van der Waals surface area contributed by atoms with Gasteiger partial charge in [-0.05, 0) is 49.6 Å². The van der Waals surface area contributed by atoms with Crippen molar-refractivity contribution in [3.8, 4) is 0 Å². The third-order valence-corrected chi connectivity index (χ3v) is 4.59. The van der Waals surface area contributed by atoms with Crippen LogP contribution in [-0.4, -0.2) is 48.9 Å². The Morgan fingerprint density at radius 2 is 1.86 bits per heavy atom. The fourth-order valence-corrected chi connectivity index (χ4v) is 3.04. The number of carbonyl (C=O) groups is 2. The molecule has 2 aromatic rings. The van der Waals surface area contributed by atoms with E-state index in [9.17, 15) is 9.59 Å². The summed E-state index contributed by atoms with van der Waals surface area (Å²) in [5.41, 5.74) is 1.67. The number of benzene rings is 1. The predicted molar refractivity (Wildman–Crippen MR) is 112 cm³/mol. The molecule has 8 heteroatoms. The lowest BCUT2D eigenvalue weighted by molar-refractivity contribution is -0.128. The van der Waals surface area contributed by atoms with Crippen molar-refractivity contribution in [2.45, 2.75) is 26.3 Å². The largest absolute Gasteiger partial charge is 0.459 e. The van der Waals surface area contributed by atoms with Crippen molar-refractivity contribution in [1.82, 2.24) is 15.5 Å². The first kappa shape index (κ1) is 20.4. The average Bonchev–Trinajstić information content (AvgIpc) is 3.45. The first-order valence-electron chi connectivity index (χ1n) is 9.89. The maximum atomic E-state index is 12.2. The number of hydrogen-bond donors (Lipinski definition) is 3. The van der Waals surface area contributed by atoms with E-state index in [1.54, 1.807) is 12.1 Å². The number of anilines is 1. The van der Waals surface area contributed by atoms with Gasteiger partial charge in [0.1, 0.15) is 0 Å². The normalized spacial score (nSPS) is 14.0. The molecule has 8 nitrogen and oxygen atoms in total. The van der Waals surface area contributed by atoms with Crippen LogP contribution >= 0.6 is 0 Å². The van der Waals surface area contributed by atoms with Gasteiger partial charge in [-0.3, -0.25) is 9.59 Å². The predicted octanol–water partition coefficient (Wildman–Crippen LogP) is 2.21. The Kier molecular flexibility index (Phi) is 7.27. The molecule has 2 heterocycles. The molecule has 1 aromatic heterocycles. The smallest absolute Gasteiger partial charge is 0.291 e. The number of rotatable bonds is 7. The molecule has 154 valence electrons. The molecule has 1 saturated heterocycles. The van der Waals surface area contributed by atoms with Crippen LogP contribution in [0.2, 0.25) is 0 Å². The van der Waals surface area contributed by atoms with Gasteiger partial charge in [0, 0.05) is 25.3 Å². The zero-order valence-electron chi connectivity index (χ0n) is 16.6. The highest BCUT2D eigenvalue weighted by atomic mass is 16.3. The standard InChI is InChI=1S/C21H27N5O3/c1-2-22-21(24-15-19(27)26-11-3-4-12-26)23-14-16-7-9-17(10-8-16)25-20(28)18-6-5-13-29-18/h5-10,13H,2-4,11-12,14-15H2,1H3,(H,25,28)(H2,22,23,24). The molecule has 3 rings (SSSR count). The monoisotopic (exact) mass is 397 g/mol. The van der Waals surface area contributed by atoms with Gasteiger partial charge in [-0.1, -0.05) is 12.1 Å². The molecule has 3 N–H and O–H groups in total. The molecule has 0 atom stereocenters. The molecule has 0 aliphatic carbocycles. The molecule has 1 aliphatic rings. The highest BCUT2D eigenvalue weighted by molar-refractivity contribution is 6.02. The summed E-state index contributed by atoms with van der Waals surface area (Å²) in [6.07, 6.45) is 3.63. The maximum absolute atomic E-state index is 12.2. The van der Waals surface area contributed by atoms with Gasteiger partial charge in [-0.25, -0.2) is 4.99 Å². The first-order chi connectivity index (χ1) is 14.2. The van der Waals surface area contributed by atoms with Crippen molar-refractivity contribution in [3.05, 3.63) is 54.0 Å². The number of hydrogen-bond acceptors (Lipinski definition) is 4. The van der Waals surface area contributed by atoms with Gasteiger partial charge in [0.25, 0.3) is 5.91 Å². The number of furan rings is 1. The minimum Gasteiger partial charge on any atom is -0.459 e. The van der Waals surface area contributed by atoms with Crippen molar-refractivity contribution in [3.63, 3.8) is 0 Å². The van der Waals surface area contributed by atoms with Crippen molar-refractivity contribution < 1.29 is 14.0 Å². The molecule has 2 amide bonds. The molecule has 1 aliphatic heterocycles. The van der Waals surface area contributed by atoms with Crippen LogP contribution in [-0.2, 0) is 11.3 Å². The van der Waals surface area contributed by atoms with Crippen LogP contribution in [0.25, 0.3) is 0 Å². The zero-order chi connectivity index (χ0) is 20.5. The van der Waals surface area contributed by atoms with Crippen LogP contribution in [0, 0.1) is 0 Å². The van der Waals surface area contributed by atoms with Crippen molar-refractivity contribution in [2.24, 2.45) is 4.99 Å². The maximum Gasteiger partial charge on any atom is 0.291 e. The first-order valence-corrected chi connectivity index (χ1v) is 9.89. The van der Waals surface area contributed by atoms with E-state index >= 15 is 0 Å². The molecule has 1 aromatic carbocycles. The van der Waals surface area contributed by atoms with Gasteiger partial charge in [0.15, 0.2) is 11.7 Å². The Bertz CT molecular complexity index is 825. The van der Waals surface area contributed by atoms with Gasteiger partial charge in [0.05, 0.1) is 19.4 Å². The molecular weight excluding hydrogens is 370 g/mol. The third-order valence-electron chi connectivity index (χ3n) is 4.59. The van der Waals surface area contributed by atoms with E-state index in [2.05, 4.69) is 20.9 Å². The summed E-state index contributed by atoms with van der Waals surface area (Å²) in [7, 11) is 0. The Hall–Kier alpha value is -3.29. The molecule has 0 radical (unpaired) electrons. The van der Waals surface area contributed by atoms with Crippen LogP contribution in [0.4, 0.5) is 5.69 Å². The third kappa shape index (κ3) is 6.10. The molecule has 29 heavy (non-hydrogen) atoms. The van der Waals surface area contributed by atoms with Gasteiger partial charge in [-0.15, -0.1) is 0 Å². The average molecular weight is 397 g/mol. The number of guanidine groups is 1.